The molecule has 8 heteroatoms. The Morgan fingerprint density at radius 1 is 0.574 bits per heavy atom. The van der Waals surface area contributed by atoms with Crippen LogP contribution < -0.4 is 0 Å². The Morgan fingerprint density at radius 2 is 1.06 bits per heavy atom. The molecule has 0 saturated carbocycles. The van der Waals surface area contributed by atoms with E-state index in [1.807, 2.05) is 27.2 Å². The van der Waals surface area contributed by atoms with E-state index in [2.05, 4.69) is 105 Å². The van der Waals surface area contributed by atoms with Crippen molar-refractivity contribution in [3.05, 3.63) is 97.2 Å². The van der Waals surface area contributed by atoms with Crippen molar-refractivity contribution in [1.82, 2.24) is 0 Å². The molecule has 0 fully saturated rings. The predicted octanol–water partition coefficient (Wildman–Crippen LogP) is 10.7. The number of esters is 2. The fourth-order valence-electron chi connectivity index (χ4n) is 5.09. The van der Waals surface area contributed by atoms with Crippen molar-refractivity contribution in [2.24, 2.45) is 0 Å². The summed E-state index contributed by atoms with van der Waals surface area (Å²) in [5.74, 6) is -1.63. The van der Waals surface area contributed by atoms with Crippen LogP contribution in [-0.2, 0) is 28.6 Å². The van der Waals surface area contributed by atoms with Gasteiger partial charge in [-0.15, -0.1) is 0 Å². The van der Waals surface area contributed by atoms with Gasteiger partial charge in [-0.2, -0.15) is 0 Å². The smallest absolute Gasteiger partial charge is 0.362 e. The van der Waals surface area contributed by atoms with Gasteiger partial charge < -0.3 is 23.8 Å². The minimum absolute atomic E-state index is 0.0205. The number of hydrogen-bond acceptors (Lipinski definition) is 6. The summed E-state index contributed by atoms with van der Waals surface area (Å²) in [5, 5.41) is 9.57. The molecule has 2 atom stereocenters. The standard InChI is InChI=1S/C46H73NO7/c1-6-8-10-12-14-15-16-17-18-19-20-21-22-23-24-25-26-27-28-29-31-32-34-36-44(48)53-41-42(40-52-39-38-43(46(50)51)47(3,4)5)54-45(49)37-35-33-30-13-11-9-7-2/h8,10,14-15,17-18,20-21,23-24,26-27,29-31,33,42-43H,6-7,9,11-13,16,19,22,25,28,32,34-41H2,1-5H3/p+1/b10-8+,15-14+,18-17+,21-20+,24-23+,27-26+,31-29+,33-30+. The molecule has 304 valence electrons. The van der Waals surface area contributed by atoms with E-state index in [-0.39, 0.29) is 49.1 Å². The Morgan fingerprint density at radius 3 is 1.56 bits per heavy atom. The van der Waals surface area contributed by atoms with Crippen molar-refractivity contribution in [1.29, 1.82) is 0 Å². The van der Waals surface area contributed by atoms with Gasteiger partial charge in [0.1, 0.15) is 6.61 Å². The lowest BCUT2D eigenvalue weighted by molar-refractivity contribution is -0.887. The second-order valence-electron chi connectivity index (χ2n) is 14.1. The van der Waals surface area contributed by atoms with Crippen molar-refractivity contribution in [2.75, 3.05) is 41.0 Å². The maximum absolute atomic E-state index is 12.5. The van der Waals surface area contributed by atoms with Gasteiger partial charge in [0.25, 0.3) is 0 Å². The van der Waals surface area contributed by atoms with E-state index in [1.165, 1.54) is 12.8 Å². The number of unbranched alkanes of at least 4 members (excludes halogenated alkanes) is 4. The second-order valence-corrected chi connectivity index (χ2v) is 14.1. The molecule has 2 unspecified atom stereocenters. The highest BCUT2D eigenvalue weighted by Crippen LogP contribution is 2.10. The molecule has 0 radical (unpaired) electrons. The van der Waals surface area contributed by atoms with Gasteiger partial charge in [0.2, 0.25) is 0 Å². The molecule has 0 spiro atoms. The monoisotopic (exact) mass is 753 g/mol. The van der Waals surface area contributed by atoms with Crippen LogP contribution in [0.15, 0.2) is 97.2 Å². The number of allylic oxidation sites excluding steroid dienone is 16. The normalized spacial score (nSPS) is 14.0. The fourth-order valence-corrected chi connectivity index (χ4v) is 5.09. The number of carbonyl (C=O) groups is 3. The van der Waals surface area contributed by atoms with Crippen LogP contribution in [0, 0.1) is 0 Å². The van der Waals surface area contributed by atoms with Gasteiger partial charge in [0.05, 0.1) is 34.4 Å². The van der Waals surface area contributed by atoms with E-state index < -0.39 is 18.1 Å². The number of aliphatic carboxylic acids is 1. The van der Waals surface area contributed by atoms with E-state index in [0.717, 1.165) is 64.2 Å². The largest absolute Gasteiger partial charge is 0.477 e. The maximum atomic E-state index is 12.5. The molecule has 0 aliphatic rings. The molecule has 0 aromatic carbocycles. The maximum Gasteiger partial charge on any atom is 0.362 e. The lowest BCUT2D eigenvalue weighted by atomic mass is 10.1. The third-order valence-corrected chi connectivity index (χ3v) is 8.23. The summed E-state index contributed by atoms with van der Waals surface area (Å²) in [6.07, 6.45) is 47.8. The zero-order valence-electron chi connectivity index (χ0n) is 34.4. The van der Waals surface area contributed by atoms with Crippen LogP contribution in [0.25, 0.3) is 0 Å². The summed E-state index contributed by atoms with van der Waals surface area (Å²) in [5.41, 5.74) is 0. The molecule has 0 heterocycles. The molecule has 0 aliphatic carbocycles. The first-order chi connectivity index (χ1) is 26.1. The number of nitrogens with zero attached hydrogens (tertiary/aromatic N) is 1. The van der Waals surface area contributed by atoms with E-state index in [4.69, 9.17) is 14.2 Å². The van der Waals surface area contributed by atoms with Crippen LogP contribution in [0.2, 0.25) is 0 Å². The summed E-state index contributed by atoms with van der Waals surface area (Å²) in [4.78, 5) is 36.6. The predicted molar refractivity (Wildman–Crippen MR) is 224 cm³/mol. The van der Waals surface area contributed by atoms with Crippen LogP contribution in [0.3, 0.4) is 0 Å². The van der Waals surface area contributed by atoms with Crippen LogP contribution >= 0.6 is 0 Å². The number of carbonyl (C=O) groups excluding carboxylic acids is 2. The molecule has 8 nitrogen and oxygen atoms in total. The highest BCUT2D eigenvalue weighted by molar-refractivity contribution is 5.72. The SMILES string of the molecule is CC/C=C/C/C=C/C/C=C/C/C=C/C/C=C/C/C=C/C/C=C/CCCC(=O)OCC(COCCC(C(=O)O)[N+](C)(C)C)OC(=O)CC/C=C/CCCCC. The van der Waals surface area contributed by atoms with Crippen LogP contribution in [0.4, 0.5) is 0 Å². The average Bonchev–Trinajstić information content (AvgIpc) is 3.12. The molecule has 0 rings (SSSR count). The van der Waals surface area contributed by atoms with Gasteiger partial charge >= 0.3 is 17.9 Å². The zero-order valence-corrected chi connectivity index (χ0v) is 34.4. The summed E-state index contributed by atoms with van der Waals surface area (Å²) in [6, 6.07) is -0.632. The molecule has 1 N–H and O–H groups in total. The first-order valence-corrected chi connectivity index (χ1v) is 20.3. The van der Waals surface area contributed by atoms with Crippen molar-refractivity contribution >= 4 is 17.9 Å². The van der Waals surface area contributed by atoms with E-state index in [1.54, 1.807) is 0 Å². The van der Waals surface area contributed by atoms with Gasteiger partial charge in [-0.1, -0.05) is 124 Å². The zero-order chi connectivity index (χ0) is 40.0. The van der Waals surface area contributed by atoms with Crippen molar-refractivity contribution in [3.8, 4) is 0 Å². The second kappa shape index (κ2) is 36.2. The van der Waals surface area contributed by atoms with E-state index in [0.29, 0.717) is 19.3 Å². The number of ether oxygens (including phenoxy) is 3. The number of carboxylic acid groups (broad SMARTS) is 1. The topological polar surface area (TPSA) is 99.1 Å². The Hall–Kier alpha value is -3.75. The lowest BCUT2D eigenvalue weighted by Gasteiger charge is -2.31. The van der Waals surface area contributed by atoms with Gasteiger partial charge in [-0.05, 0) is 77.0 Å². The first kappa shape index (κ1) is 50.2. The number of carboxylic acids is 1. The average molecular weight is 753 g/mol. The number of quaternary nitrogens is 1. The van der Waals surface area contributed by atoms with Gasteiger partial charge in [-0.25, -0.2) is 4.79 Å². The minimum atomic E-state index is -0.894. The van der Waals surface area contributed by atoms with Crippen molar-refractivity contribution in [3.63, 3.8) is 0 Å². The third kappa shape index (κ3) is 34.0. The molecule has 0 aromatic heterocycles. The van der Waals surface area contributed by atoms with Crippen LogP contribution in [0.1, 0.15) is 123 Å². The molecule has 54 heavy (non-hydrogen) atoms. The molecule has 0 aliphatic heterocycles. The third-order valence-electron chi connectivity index (χ3n) is 8.23. The number of rotatable bonds is 34. The summed E-state index contributed by atoms with van der Waals surface area (Å²) in [6.45, 7) is 4.41. The quantitative estimate of drug-likeness (QED) is 0.0302. The van der Waals surface area contributed by atoms with Crippen LogP contribution in [0.5, 0.6) is 0 Å². The van der Waals surface area contributed by atoms with Crippen molar-refractivity contribution < 1.29 is 38.2 Å². The summed E-state index contributed by atoms with van der Waals surface area (Å²) < 4.78 is 17.0. The van der Waals surface area contributed by atoms with E-state index >= 15 is 0 Å². The van der Waals surface area contributed by atoms with Gasteiger partial charge in [-0.3, -0.25) is 9.59 Å². The Kier molecular flexibility index (Phi) is 33.7. The van der Waals surface area contributed by atoms with Crippen LogP contribution in [-0.4, -0.2) is 80.6 Å². The molecule has 0 aromatic rings. The van der Waals surface area contributed by atoms with Crippen molar-refractivity contribution in [2.45, 2.75) is 135 Å². The Balaban J connectivity index is 4.39. The summed E-state index contributed by atoms with van der Waals surface area (Å²) in [7, 11) is 5.47. The summed E-state index contributed by atoms with van der Waals surface area (Å²) >= 11 is 0. The number of hydrogen-bond donors (Lipinski definition) is 1. The minimum Gasteiger partial charge on any atom is -0.477 e. The van der Waals surface area contributed by atoms with E-state index in [9.17, 15) is 19.5 Å². The molecular weight excluding hydrogens is 679 g/mol. The van der Waals surface area contributed by atoms with Gasteiger partial charge in [0, 0.05) is 19.3 Å². The highest BCUT2D eigenvalue weighted by Gasteiger charge is 2.31. The Bertz CT molecular complexity index is 1200. The molecular formula is C46H74NO7+. The lowest BCUT2D eigenvalue weighted by Crippen LogP contribution is -2.50. The first-order valence-electron chi connectivity index (χ1n) is 20.3. The molecule has 0 bridgehead atoms. The highest BCUT2D eigenvalue weighted by atomic mass is 16.6. The molecule has 0 amide bonds. The number of likely N-dealkylation sites (N-methyl/N-ethyl adjacent to an activating group) is 1. The fraction of sp³-hybridized carbons (Fsp3) is 0.587. The molecule has 0 saturated heterocycles. The Labute approximate surface area is 328 Å². The van der Waals surface area contributed by atoms with Gasteiger partial charge in [0.15, 0.2) is 12.1 Å².